The minimum Gasteiger partial charge on any atom is -0.483 e. The standard InChI is InChI=1S/C30H32Cl2N2O6/c1-16(35)38-23-8-6-19-15-24-30(40-17(2)36)10-9-22(28-29(30,11-12-33(24)3)26(19)27(23)39-28)34(4)25(37)14-18-5-7-20(31)21(32)13-18/h5-8,13,22,24,28H,9-12,14-15H2,1-4H3/t22-,24+,28-,29-,30+/m0/s1. The molecule has 40 heavy (non-hydrogen) atoms. The molecule has 2 aromatic rings. The first-order chi connectivity index (χ1) is 19.0. The summed E-state index contributed by atoms with van der Waals surface area (Å²) in [5.74, 6) is 0.0112. The van der Waals surface area contributed by atoms with Gasteiger partial charge in [-0.2, -0.15) is 0 Å². The van der Waals surface area contributed by atoms with Crippen LogP contribution in [0, 0.1) is 0 Å². The van der Waals surface area contributed by atoms with Crippen LogP contribution in [0.25, 0.3) is 0 Å². The Bertz CT molecular complexity index is 1430. The van der Waals surface area contributed by atoms with Crippen LogP contribution in [0.2, 0.25) is 10.0 Å². The second-order valence-corrected chi connectivity index (χ2v) is 12.3. The van der Waals surface area contributed by atoms with Gasteiger partial charge in [-0.3, -0.25) is 19.3 Å². The number of likely N-dealkylation sites (N-methyl/N-ethyl adjacent to an activating group) is 2. The third-order valence-electron chi connectivity index (χ3n) is 9.45. The summed E-state index contributed by atoms with van der Waals surface area (Å²) in [5.41, 5.74) is 1.28. The monoisotopic (exact) mass is 586 g/mol. The predicted octanol–water partition coefficient (Wildman–Crippen LogP) is 4.34. The second-order valence-electron chi connectivity index (χ2n) is 11.5. The van der Waals surface area contributed by atoms with Gasteiger partial charge < -0.3 is 19.1 Å². The number of hydrogen-bond donors (Lipinski definition) is 0. The molecule has 2 fully saturated rings. The van der Waals surface area contributed by atoms with E-state index in [1.54, 1.807) is 36.2 Å². The predicted molar refractivity (Wildman–Crippen MR) is 149 cm³/mol. The number of carbonyl (C=O) groups is 3. The molecule has 1 saturated heterocycles. The maximum atomic E-state index is 13.7. The number of piperidine rings is 1. The van der Waals surface area contributed by atoms with Gasteiger partial charge in [-0.25, -0.2) is 0 Å². The van der Waals surface area contributed by atoms with Crippen LogP contribution in [0.3, 0.4) is 0 Å². The highest BCUT2D eigenvalue weighted by atomic mass is 35.5. The first-order valence-corrected chi connectivity index (χ1v) is 14.3. The van der Waals surface area contributed by atoms with E-state index in [0.717, 1.165) is 23.2 Å². The molecule has 2 aliphatic carbocycles. The molecule has 10 heteroatoms. The Morgan fingerprint density at radius 2 is 1.88 bits per heavy atom. The largest absolute Gasteiger partial charge is 0.483 e. The van der Waals surface area contributed by atoms with Crippen LogP contribution in [-0.4, -0.2) is 72.1 Å². The highest BCUT2D eigenvalue weighted by Crippen LogP contribution is 2.67. The van der Waals surface area contributed by atoms with Gasteiger partial charge in [0.1, 0.15) is 11.7 Å². The van der Waals surface area contributed by atoms with Gasteiger partial charge in [-0.15, -0.1) is 0 Å². The summed E-state index contributed by atoms with van der Waals surface area (Å²) in [6, 6.07) is 8.63. The third-order valence-corrected chi connectivity index (χ3v) is 10.2. The minimum atomic E-state index is -0.840. The quantitative estimate of drug-likeness (QED) is 0.380. The molecular weight excluding hydrogens is 555 g/mol. The Morgan fingerprint density at radius 3 is 2.58 bits per heavy atom. The summed E-state index contributed by atoms with van der Waals surface area (Å²) in [6.07, 6.45) is 2.17. The molecule has 5 atom stereocenters. The zero-order valence-electron chi connectivity index (χ0n) is 23.0. The molecule has 0 radical (unpaired) electrons. The number of amides is 1. The van der Waals surface area contributed by atoms with Gasteiger partial charge >= 0.3 is 11.9 Å². The SMILES string of the molecule is CC(=O)Oc1ccc2c3c1O[C@H]1[C@@H](N(C)C(=O)Cc4ccc(Cl)c(Cl)c4)CC[C@@]4(OC(C)=O)[C@@H](C2)N(C)CC[C@]314. The van der Waals surface area contributed by atoms with Crippen molar-refractivity contribution in [1.82, 2.24) is 9.80 Å². The van der Waals surface area contributed by atoms with Crippen molar-refractivity contribution in [3.8, 4) is 11.5 Å². The fraction of sp³-hybridized carbons (Fsp3) is 0.500. The number of esters is 2. The lowest BCUT2D eigenvalue weighted by Crippen LogP contribution is -2.78. The van der Waals surface area contributed by atoms with E-state index in [1.807, 2.05) is 6.07 Å². The third kappa shape index (κ3) is 3.86. The molecule has 1 saturated carbocycles. The second kappa shape index (κ2) is 9.64. The summed E-state index contributed by atoms with van der Waals surface area (Å²) in [5, 5.41) is 0.835. The number of nitrogens with zero attached hydrogens (tertiary/aromatic N) is 2. The van der Waals surface area contributed by atoms with E-state index in [1.165, 1.54) is 13.8 Å². The van der Waals surface area contributed by atoms with E-state index < -0.39 is 23.1 Å². The van der Waals surface area contributed by atoms with E-state index in [2.05, 4.69) is 11.9 Å². The summed E-state index contributed by atoms with van der Waals surface area (Å²) < 4.78 is 18.8. The van der Waals surface area contributed by atoms with Crippen molar-refractivity contribution in [3.63, 3.8) is 0 Å². The normalized spacial score (nSPS) is 29.7. The van der Waals surface area contributed by atoms with E-state index in [-0.39, 0.29) is 30.4 Å². The number of likely N-dealkylation sites (tertiary alicyclic amines) is 1. The van der Waals surface area contributed by atoms with Crippen LogP contribution in [0.1, 0.15) is 49.8 Å². The van der Waals surface area contributed by atoms with Crippen molar-refractivity contribution in [2.45, 2.75) is 75.2 Å². The van der Waals surface area contributed by atoms with E-state index in [4.69, 9.17) is 37.4 Å². The summed E-state index contributed by atoms with van der Waals surface area (Å²) >= 11 is 12.3. The van der Waals surface area contributed by atoms with Gasteiger partial charge in [0.05, 0.1) is 34.0 Å². The fourth-order valence-electron chi connectivity index (χ4n) is 7.92. The van der Waals surface area contributed by atoms with Gasteiger partial charge in [0.2, 0.25) is 5.91 Å². The Kier molecular flexibility index (Phi) is 6.59. The maximum Gasteiger partial charge on any atom is 0.308 e. The van der Waals surface area contributed by atoms with Gasteiger partial charge in [-0.05, 0) is 68.6 Å². The van der Waals surface area contributed by atoms with E-state index in [0.29, 0.717) is 47.2 Å². The highest BCUT2D eigenvalue weighted by molar-refractivity contribution is 6.42. The van der Waals surface area contributed by atoms with Gasteiger partial charge in [-0.1, -0.05) is 35.3 Å². The minimum absolute atomic E-state index is 0.0487. The lowest BCUT2D eigenvalue weighted by Gasteiger charge is -2.65. The van der Waals surface area contributed by atoms with Crippen molar-refractivity contribution >= 4 is 41.0 Å². The number of halogens is 2. The molecule has 0 N–H and O–H groups in total. The molecule has 212 valence electrons. The van der Waals surface area contributed by atoms with Gasteiger partial charge in [0, 0.05) is 26.5 Å². The van der Waals surface area contributed by atoms with Gasteiger partial charge in [0.15, 0.2) is 11.5 Å². The Labute approximate surface area is 243 Å². The first-order valence-electron chi connectivity index (χ1n) is 13.6. The average Bonchev–Trinajstić information content (AvgIpc) is 3.24. The first kappa shape index (κ1) is 27.4. The molecule has 0 unspecified atom stereocenters. The molecule has 0 aromatic heterocycles. The zero-order chi connectivity index (χ0) is 28.6. The van der Waals surface area contributed by atoms with E-state index >= 15 is 0 Å². The number of benzene rings is 2. The molecule has 2 bridgehead atoms. The van der Waals surface area contributed by atoms with Crippen molar-refractivity contribution < 1.29 is 28.6 Å². The van der Waals surface area contributed by atoms with Crippen LogP contribution in [0.5, 0.6) is 11.5 Å². The smallest absolute Gasteiger partial charge is 0.308 e. The molecule has 1 amide bonds. The number of carbonyl (C=O) groups excluding carboxylic acids is 3. The number of rotatable bonds is 5. The van der Waals surface area contributed by atoms with Crippen LogP contribution in [0.15, 0.2) is 30.3 Å². The highest BCUT2D eigenvalue weighted by Gasteiger charge is 2.75. The molecule has 4 aliphatic rings. The molecule has 6 rings (SSSR count). The summed E-state index contributed by atoms with van der Waals surface area (Å²) in [6.45, 7) is 3.59. The van der Waals surface area contributed by atoms with Crippen molar-refractivity contribution in [2.75, 3.05) is 20.6 Å². The lowest BCUT2D eigenvalue weighted by atomic mass is 9.48. The molecule has 2 heterocycles. The van der Waals surface area contributed by atoms with Crippen LogP contribution in [-0.2, 0) is 37.4 Å². The molecule has 2 aliphatic heterocycles. The summed E-state index contributed by atoms with van der Waals surface area (Å²) in [4.78, 5) is 42.4. The lowest BCUT2D eigenvalue weighted by molar-refractivity contribution is -0.221. The average molecular weight is 588 g/mol. The van der Waals surface area contributed by atoms with Crippen molar-refractivity contribution in [1.29, 1.82) is 0 Å². The molecule has 2 aromatic carbocycles. The van der Waals surface area contributed by atoms with Crippen LogP contribution in [0.4, 0.5) is 0 Å². The topological polar surface area (TPSA) is 85.4 Å². The Balaban J connectivity index is 1.45. The fourth-order valence-corrected chi connectivity index (χ4v) is 8.24. The van der Waals surface area contributed by atoms with Crippen molar-refractivity contribution in [3.05, 3.63) is 57.1 Å². The van der Waals surface area contributed by atoms with E-state index in [9.17, 15) is 14.4 Å². The van der Waals surface area contributed by atoms with Crippen LogP contribution < -0.4 is 9.47 Å². The summed E-state index contributed by atoms with van der Waals surface area (Å²) in [7, 11) is 3.88. The van der Waals surface area contributed by atoms with Crippen molar-refractivity contribution in [2.24, 2.45) is 0 Å². The molecular formula is C30H32Cl2N2O6. The number of ether oxygens (including phenoxy) is 3. The maximum absolute atomic E-state index is 13.7. The molecule has 1 spiro atoms. The number of hydrogen-bond acceptors (Lipinski definition) is 7. The Hall–Kier alpha value is -2.81. The van der Waals surface area contributed by atoms with Gasteiger partial charge in [0.25, 0.3) is 0 Å². The zero-order valence-corrected chi connectivity index (χ0v) is 24.5. The molecule has 8 nitrogen and oxygen atoms in total. The van der Waals surface area contributed by atoms with Crippen LogP contribution >= 0.6 is 23.2 Å². The Morgan fingerprint density at radius 1 is 1.10 bits per heavy atom.